The molecular weight excluding hydrogens is 266 g/mol. The Hall–Kier alpha value is -2.30. The fourth-order valence-corrected chi connectivity index (χ4v) is 3.66. The Labute approximate surface area is 122 Å². The Balaban J connectivity index is 1.96. The van der Waals surface area contributed by atoms with Crippen LogP contribution < -0.4 is 5.32 Å². The summed E-state index contributed by atoms with van der Waals surface area (Å²) in [6, 6.07) is 7.98. The molecule has 1 aromatic carbocycles. The van der Waals surface area contributed by atoms with Crippen LogP contribution in [0.3, 0.4) is 0 Å². The highest BCUT2D eigenvalue weighted by Gasteiger charge is 2.43. The second kappa shape index (κ2) is 4.10. The summed E-state index contributed by atoms with van der Waals surface area (Å²) in [6.45, 7) is 4.80. The molecule has 3 amide bonds. The Morgan fingerprint density at radius 3 is 2.76 bits per heavy atom. The Morgan fingerprint density at radius 1 is 1.24 bits per heavy atom. The maximum Gasteiger partial charge on any atom is 0.325 e. The van der Waals surface area contributed by atoms with Crippen LogP contribution in [0.4, 0.5) is 4.79 Å². The van der Waals surface area contributed by atoms with Crippen molar-refractivity contribution in [2.75, 3.05) is 0 Å². The quantitative estimate of drug-likeness (QED) is 0.816. The number of urea groups is 1. The number of benzene rings is 1. The van der Waals surface area contributed by atoms with Crippen molar-refractivity contribution < 1.29 is 9.59 Å². The van der Waals surface area contributed by atoms with Gasteiger partial charge in [0, 0.05) is 29.1 Å². The smallest absolute Gasteiger partial charge is 0.325 e. The molecule has 4 rings (SSSR count). The maximum absolute atomic E-state index is 11.9. The molecule has 108 valence electrons. The molecular formula is C16H17N3O2. The molecule has 1 fully saturated rings. The van der Waals surface area contributed by atoms with Crippen LogP contribution in [0.25, 0.3) is 10.9 Å². The number of nitrogens with one attached hydrogen (secondary N) is 1. The van der Waals surface area contributed by atoms with Crippen LogP contribution in [0.1, 0.15) is 31.1 Å². The number of amides is 3. The van der Waals surface area contributed by atoms with Crippen molar-refractivity contribution in [1.82, 2.24) is 14.8 Å². The summed E-state index contributed by atoms with van der Waals surface area (Å²) in [5, 5.41) is 3.62. The van der Waals surface area contributed by atoms with Crippen LogP contribution in [-0.2, 0) is 17.8 Å². The minimum atomic E-state index is -0.351. The molecule has 2 aliphatic heterocycles. The van der Waals surface area contributed by atoms with Crippen molar-refractivity contribution >= 4 is 22.8 Å². The van der Waals surface area contributed by atoms with Gasteiger partial charge in [0.25, 0.3) is 5.91 Å². The van der Waals surface area contributed by atoms with E-state index in [-0.39, 0.29) is 18.0 Å². The first-order valence-corrected chi connectivity index (χ1v) is 7.30. The highest BCUT2D eigenvalue weighted by molar-refractivity contribution is 6.05. The van der Waals surface area contributed by atoms with Crippen LogP contribution in [-0.4, -0.2) is 27.4 Å². The van der Waals surface area contributed by atoms with Gasteiger partial charge >= 0.3 is 6.03 Å². The number of nitrogens with zero attached hydrogens (tertiary/aromatic N) is 2. The Bertz CT molecular complexity index is 775. The minimum Gasteiger partial charge on any atom is -0.340 e. The van der Waals surface area contributed by atoms with E-state index < -0.39 is 0 Å². The average molecular weight is 283 g/mol. The minimum absolute atomic E-state index is 0.174. The number of fused-ring (bicyclic) bond motifs is 4. The van der Waals surface area contributed by atoms with Crippen LogP contribution in [0, 0.1) is 0 Å². The van der Waals surface area contributed by atoms with Crippen LogP contribution in [0.15, 0.2) is 24.3 Å². The van der Waals surface area contributed by atoms with Gasteiger partial charge in [-0.3, -0.25) is 10.1 Å². The summed E-state index contributed by atoms with van der Waals surface area (Å²) in [4.78, 5) is 25.5. The third kappa shape index (κ3) is 1.57. The first kappa shape index (κ1) is 12.4. The van der Waals surface area contributed by atoms with Gasteiger partial charge in [-0.2, -0.15) is 0 Å². The maximum atomic E-state index is 11.9. The van der Waals surface area contributed by atoms with Crippen molar-refractivity contribution in [3.8, 4) is 0 Å². The number of imide groups is 1. The first-order valence-electron chi connectivity index (χ1n) is 7.30. The lowest BCUT2D eigenvalue weighted by Gasteiger charge is -2.29. The standard InChI is InChI=1S/C16H17N3O2/c1-9(2)19-12-6-4-3-5-10(12)11-7-13-15(20)17-16(21)18(13)8-14(11)19/h3-6,9,13H,7-8H2,1-2H3,(H,17,20,21). The predicted octanol–water partition coefficient (Wildman–Crippen LogP) is 2.20. The molecule has 1 atom stereocenters. The Morgan fingerprint density at radius 2 is 2.00 bits per heavy atom. The molecule has 0 bridgehead atoms. The second-order valence-electron chi connectivity index (χ2n) is 6.05. The summed E-state index contributed by atoms with van der Waals surface area (Å²) in [7, 11) is 0. The van der Waals surface area contributed by atoms with Crippen LogP contribution >= 0.6 is 0 Å². The zero-order valence-corrected chi connectivity index (χ0v) is 12.1. The lowest BCUT2D eigenvalue weighted by Crippen LogP contribution is -2.40. The SMILES string of the molecule is CC(C)n1c2c(c3ccccc31)CC1C(=O)NC(=O)N1C2. The molecule has 1 saturated heterocycles. The molecule has 3 heterocycles. The molecule has 2 aromatic rings. The van der Waals surface area contributed by atoms with Crippen molar-refractivity contribution in [2.24, 2.45) is 0 Å². The van der Waals surface area contributed by atoms with Gasteiger partial charge in [-0.1, -0.05) is 18.2 Å². The van der Waals surface area contributed by atoms with Gasteiger partial charge in [0.2, 0.25) is 0 Å². The van der Waals surface area contributed by atoms with Crippen molar-refractivity contribution in [3.63, 3.8) is 0 Å². The lowest BCUT2D eigenvalue weighted by atomic mass is 9.97. The molecule has 21 heavy (non-hydrogen) atoms. The summed E-state index contributed by atoms with van der Waals surface area (Å²) in [6.07, 6.45) is 0.604. The number of carbonyl (C=O) groups is 2. The molecule has 0 aliphatic carbocycles. The molecule has 0 radical (unpaired) electrons. The number of hydrogen-bond acceptors (Lipinski definition) is 2. The van der Waals surface area contributed by atoms with Gasteiger partial charge < -0.3 is 9.47 Å². The third-order valence-electron chi connectivity index (χ3n) is 4.53. The zero-order valence-electron chi connectivity index (χ0n) is 12.1. The summed E-state index contributed by atoms with van der Waals surface area (Å²) >= 11 is 0. The van der Waals surface area contributed by atoms with E-state index in [1.165, 1.54) is 16.5 Å². The van der Waals surface area contributed by atoms with E-state index in [0.29, 0.717) is 19.0 Å². The van der Waals surface area contributed by atoms with E-state index >= 15 is 0 Å². The predicted molar refractivity (Wildman–Crippen MR) is 78.9 cm³/mol. The molecule has 0 spiro atoms. The summed E-state index contributed by atoms with van der Waals surface area (Å²) in [5.74, 6) is -0.174. The highest BCUT2D eigenvalue weighted by Crippen LogP contribution is 2.36. The van der Waals surface area contributed by atoms with E-state index in [1.807, 2.05) is 12.1 Å². The summed E-state index contributed by atoms with van der Waals surface area (Å²) < 4.78 is 2.29. The second-order valence-corrected chi connectivity index (χ2v) is 6.05. The molecule has 5 heteroatoms. The van der Waals surface area contributed by atoms with Gasteiger partial charge in [0.15, 0.2) is 0 Å². The number of rotatable bonds is 1. The third-order valence-corrected chi connectivity index (χ3v) is 4.53. The number of carbonyl (C=O) groups excluding carboxylic acids is 2. The first-order chi connectivity index (χ1) is 10.1. The van der Waals surface area contributed by atoms with Crippen molar-refractivity contribution in [3.05, 3.63) is 35.5 Å². The molecule has 5 nitrogen and oxygen atoms in total. The number of aromatic nitrogens is 1. The van der Waals surface area contributed by atoms with E-state index in [2.05, 4.69) is 35.9 Å². The molecule has 1 aromatic heterocycles. The monoisotopic (exact) mass is 283 g/mol. The van der Waals surface area contributed by atoms with Crippen LogP contribution in [0.2, 0.25) is 0 Å². The topological polar surface area (TPSA) is 54.3 Å². The van der Waals surface area contributed by atoms with Gasteiger partial charge in [-0.05, 0) is 25.5 Å². The zero-order chi connectivity index (χ0) is 14.7. The van der Waals surface area contributed by atoms with Gasteiger partial charge in [0.05, 0.1) is 6.54 Å². The van der Waals surface area contributed by atoms with E-state index in [0.717, 1.165) is 5.69 Å². The molecule has 1 N–H and O–H groups in total. The van der Waals surface area contributed by atoms with E-state index in [4.69, 9.17) is 0 Å². The lowest BCUT2D eigenvalue weighted by molar-refractivity contribution is -0.121. The number of hydrogen-bond donors (Lipinski definition) is 1. The highest BCUT2D eigenvalue weighted by atomic mass is 16.2. The number of para-hydroxylation sites is 1. The van der Waals surface area contributed by atoms with Crippen molar-refractivity contribution in [2.45, 2.75) is 38.9 Å². The average Bonchev–Trinajstić information content (AvgIpc) is 2.92. The van der Waals surface area contributed by atoms with E-state index in [9.17, 15) is 9.59 Å². The summed E-state index contributed by atoms with van der Waals surface area (Å²) in [5.41, 5.74) is 3.56. The molecule has 1 unspecified atom stereocenters. The largest absolute Gasteiger partial charge is 0.340 e. The molecule has 0 saturated carbocycles. The fraction of sp³-hybridized carbons (Fsp3) is 0.375. The van der Waals surface area contributed by atoms with Gasteiger partial charge in [-0.25, -0.2) is 4.79 Å². The fourth-order valence-electron chi connectivity index (χ4n) is 3.66. The molecule has 2 aliphatic rings. The van der Waals surface area contributed by atoms with Crippen LogP contribution in [0.5, 0.6) is 0 Å². The van der Waals surface area contributed by atoms with Gasteiger partial charge in [0.1, 0.15) is 6.04 Å². The van der Waals surface area contributed by atoms with E-state index in [1.54, 1.807) is 4.90 Å². The van der Waals surface area contributed by atoms with Crippen molar-refractivity contribution in [1.29, 1.82) is 0 Å². The van der Waals surface area contributed by atoms with Gasteiger partial charge in [-0.15, -0.1) is 0 Å². The Kier molecular flexibility index (Phi) is 2.43. The normalized spacial score (nSPS) is 20.9.